The summed E-state index contributed by atoms with van der Waals surface area (Å²) in [5.41, 5.74) is 3.67. The van der Waals surface area contributed by atoms with Crippen molar-refractivity contribution in [2.24, 2.45) is 0 Å². The van der Waals surface area contributed by atoms with Gasteiger partial charge in [0.05, 0.1) is 29.1 Å². The van der Waals surface area contributed by atoms with Crippen molar-refractivity contribution in [3.05, 3.63) is 65.5 Å². The highest BCUT2D eigenvalue weighted by molar-refractivity contribution is 8.01. The number of Topliss-reactive ketones (excluding diaryl/α,β-unsaturated/α-hetero) is 1. The number of ketones is 1. The molecular formula is C26H26N2O4S2. The van der Waals surface area contributed by atoms with E-state index in [2.05, 4.69) is 9.55 Å². The maximum absolute atomic E-state index is 13.1. The van der Waals surface area contributed by atoms with Crippen molar-refractivity contribution in [1.82, 2.24) is 9.55 Å². The van der Waals surface area contributed by atoms with Crippen molar-refractivity contribution in [2.45, 2.75) is 37.8 Å². The average molecular weight is 495 g/mol. The van der Waals surface area contributed by atoms with Crippen LogP contribution in [0.3, 0.4) is 0 Å². The average Bonchev–Trinajstić information content (AvgIpc) is 3.38. The predicted molar refractivity (Wildman–Crippen MR) is 136 cm³/mol. The van der Waals surface area contributed by atoms with Crippen LogP contribution in [0.1, 0.15) is 28.7 Å². The summed E-state index contributed by atoms with van der Waals surface area (Å²) in [6, 6.07) is 15.6. The molecule has 3 heterocycles. The van der Waals surface area contributed by atoms with Crippen LogP contribution in [0.2, 0.25) is 0 Å². The van der Waals surface area contributed by atoms with Crippen molar-refractivity contribution >= 4 is 39.1 Å². The smallest absolute Gasteiger partial charge is 0.174 e. The van der Waals surface area contributed by atoms with Gasteiger partial charge in [-0.2, -0.15) is 0 Å². The molecule has 0 radical (unpaired) electrons. The van der Waals surface area contributed by atoms with Crippen molar-refractivity contribution in [1.29, 1.82) is 0 Å². The van der Waals surface area contributed by atoms with Crippen LogP contribution in [0.15, 0.2) is 52.9 Å². The molecule has 5 rings (SSSR count). The van der Waals surface area contributed by atoms with Gasteiger partial charge in [0.2, 0.25) is 0 Å². The number of rotatable bonds is 8. The zero-order chi connectivity index (χ0) is 23.7. The van der Waals surface area contributed by atoms with Crippen molar-refractivity contribution < 1.29 is 19.0 Å². The minimum Gasteiger partial charge on any atom is -0.494 e. The van der Waals surface area contributed by atoms with E-state index in [-0.39, 0.29) is 11.9 Å². The van der Waals surface area contributed by atoms with E-state index in [9.17, 15) is 4.79 Å². The van der Waals surface area contributed by atoms with E-state index in [0.29, 0.717) is 25.5 Å². The molecule has 2 aromatic carbocycles. The summed E-state index contributed by atoms with van der Waals surface area (Å²) < 4.78 is 21.6. The second-order valence-corrected chi connectivity index (χ2v) is 10.4. The van der Waals surface area contributed by atoms with Gasteiger partial charge in [-0.05, 0) is 57.2 Å². The summed E-state index contributed by atoms with van der Waals surface area (Å²) in [6.45, 7) is 7.73. The Morgan fingerprint density at radius 1 is 1.21 bits per heavy atom. The fourth-order valence-electron chi connectivity index (χ4n) is 4.13. The lowest BCUT2D eigenvalue weighted by molar-refractivity contribution is 0.0777. The number of aryl methyl sites for hydroxylation is 1. The molecular weight excluding hydrogens is 468 g/mol. The minimum atomic E-state index is -0.110. The Morgan fingerprint density at radius 3 is 2.85 bits per heavy atom. The molecule has 0 saturated heterocycles. The largest absolute Gasteiger partial charge is 0.494 e. The second-order valence-electron chi connectivity index (χ2n) is 8.15. The third kappa shape index (κ3) is 4.65. The van der Waals surface area contributed by atoms with Crippen molar-refractivity contribution in [3.63, 3.8) is 0 Å². The van der Waals surface area contributed by atoms with Crippen LogP contribution < -0.4 is 14.2 Å². The summed E-state index contributed by atoms with van der Waals surface area (Å²) in [7, 11) is 0. The van der Waals surface area contributed by atoms with Gasteiger partial charge in [-0.3, -0.25) is 4.79 Å². The van der Waals surface area contributed by atoms with Crippen molar-refractivity contribution in [2.75, 3.05) is 19.0 Å². The van der Waals surface area contributed by atoms with E-state index in [1.165, 1.54) is 11.8 Å². The third-order valence-corrected chi connectivity index (χ3v) is 7.97. The monoisotopic (exact) mass is 494 g/mol. The van der Waals surface area contributed by atoms with Crippen molar-refractivity contribution in [3.8, 4) is 17.2 Å². The van der Waals surface area contributed by atoms with E-state index in [4.69, 9.17) is 14.2 Å². The molecule has 0 fully saturated rings. The molecule has 1 aliphatic heterocycles. The Morgan fingerprint density at radius 2 is 2.03 bits per heavy atom. The van der Waals surface area contributed by atoms with Gasteiger partial charge in [-0.15, -0.1) is 11.3 Å². The molecule has 0 N–H and O–H groups in total. The second kappa shape index (κ2) is 9.72. The lowest BCUT2D eigenvalue weighted by Gasteiger charge is -2.27. The molecule has 8 heteroatoms. The number of benzene rings is 2. The predicted octanol–water partition coefficient (Wildman–Crippen LogP) is 5.93. The first-order valence-corrected chi connectivity index (χ1v) is 13.1. The normalized spacial score (nSPS) is 15.0. The quantitative estimate of drug-likeness (QED) is 0.224. The van der Waals surface area contributed by atoms with E-state index in [1.54, 1.807) is 11.3 Å². The van der Waals surface area contributed by atoms with Crippen LogP contribution in [-0.4, -0.2) is 40.4 Å². The summed E-state index contributed by atoms with van der Waals surface area (Å²) in [5.74, 6) is 2.83. The fraction of sp³-hybridized carbons (Fsp3) is 0.308. The van der Waals surface area contributed by atoms with Crippen LogP contribution >= 0.6 is 23.1 Å². The number of aromatic nitrogens is 2. The number of carbonyl (C=O) groups is 1. The van der Waals surface area contributed by atoms with E-state index in [0.717, 1.165) is 48.8 Å². The molecule has 1 aliphatic rings. The van der Waals surface area contributed by atoms with Gasteiger partial charge in [-0.1, -0.05) is 23.9 Å². The van der Waals surface area contributed by atoms with Gasteiger partial charge in [0.25, 0.3) is 0 Å². The molecule has 4 aromatic rings. The van der Waals surface area contributed by atoms with Crippen LogP contribution in [0.25, 0.3) is 10.2 Å². The number of fused-ring (bicyclic) bond motifs is 2. The topological polar surface area (TPSA) is 62.6 Å². The molecule has 0 amide bonds. The van der Waals surface area contributed by atoms with Crippen LogP contribution in [0.4, 0.5) is 0 Å². The summed E-state index contributed by atoms with van der Waals surface area (Å²) in [5, 5.41) is 0. The molecule has 34 heavy (non-hydrogen) atoms. The lowest BCUT2D eigenvalue weighted by atomic mass is 10.2. The highest BCUT2D eigenvalue weighted by Gasteiger charge is 2.24. The molecule has 0 unspecified atom stereocenters. The molecule has 0 bridgehead atoms. The lowest BCUT2D eigenvalue weighted by Crippen LogP contribution is -2.33. The van der Waals surface area contributed by atoms with Crippen LogP contribution in [0.5, 0.6) is 17.2 Å². The standard InChI is InChI=1S/C26H26N2O4S2/c1-4-30-18-9-10-21-25(12-18)34-26(27-21)33-15-22(29)20-11-16(2)28(17(20)3)13-19-14-31-23-7-5-6-8-24(23)32-19/h5-12,19H,4,13-15H2,1-3H3/t19-/m1/s1. The van der Waals surface area contributed by atoms with Gasteiger partial charge >= 0.3 is 0 Å². The minimum absolute atomic E-state index is 0.102. The molecule has 0 spiro atoms. The SMILES string of the molecule is CCOc1ccc2nc(SCC(=O)c3cc(C)n(C[C@@H]4COc5ccccc5O4)c3C)sc2c1. The highest BCUT2D eigenvalue weighted by Crippen LogP contribution is 2.33. The molecule has 1 atom stereocenters. The Bertz CT molecular complexity index is 1340. The van der Waals surface area contributed by atoms with Gasteiger partial charge in [0.1, 0.15) is 12.4 Å². The number of hydrogen-bond acceptors (Lipinski definition) is 7. The molecule has 2 aromatic heterocycles. The number of nitrogens with zero attached hydrogens (tertiary/aromatic N) is 2. The van der Waals surface area contributed by atoms with E-state index >= 15 is 0 Å². The fourth-order valence-corrected chi connectivity index (χ4v) is 6.11. The Kier molecular flexibility index (Phi) is 6.52. The van der Waals surface area contributed by atoms with E-state index in [1.807, 2.05) is 69.3 Å². The van der Waals surface area contributed by atoms with Crippen LogP contribution in [-0.2, 0) is 6.54 Å². The molecule has 6 nitrogen and oxygen atoms in total. The number of ether oxygens (including phenoxy) is 3. The summed E-state index contributed by atoms with van der Waals surface area (Å²) in [6.07, 6.45) is -0.110. The van der Waals surface area contributed by atoms with Gasteiger partial charge in [-0.25, -0.2) is 4.98 Å². The number of thioether (sulfide) groups is 1. The summed E-state index contributed by atoms with van der Waals surface area (Å²) in [4.78, 5) is 17.7. The van der Waals surface area contributed by atoms with Gasteiger partial charge in [0, 0.05) is 17.0 Å². The molecule has 176 valence electrons. The number of carbonyl (C=O) groups excluding carboxylic acids is 1. The first-order chi connectivity index (χ1) is 16.5. The maximum Gasteiger partial charge on any atom is 0.174 e. The number of para-hydroxylation sites is 2. The first-order valence-electron chi connectivity index (χ1n) is 11.3. The first kappa shape index (κ1) is 22.8. The number of hydrogen-bond donors (Lipinski definition) is 0. The Hall–Kier alpha value is -2.97. The van der Waals surface area contributed by atoms with Crippen LogP contribution in [0, 0.1) is 13.8 Å². The molecule has 0 aliphatic carbocycles. The Labute approximate surface area is 206 Å². The van der Waals surface area contributed by atoms with E-state index < -0.39 is 0 Å². The maximum atomic E-state index is 13.1. The van der Waals surface area contributed by atoms with Gasteiger partial charge in [0.15, 0.2) is 27.7 Å². The zero-order valence-electron chi connectivity index (χ0n) is 19.4. The van der Waals surface area contributed by atoms with Gasteiger partial charge < -0.3 is 18.8 Å². The third-order valence-electron chi connectivity index (χ3n) is 5.81. The number of thiazole rings is 1. The zero-order valence-corrected chi connectivity index (χ0v) is 21.0. The Balaban J connectivity index is 1.25. The molecule has 0 saturated carbocycles. The highest BCUT2D eigenvalue weighted by atomic mass is 32.2. The summed E-state index contributed by atoms with van der Waals surface area (Å²) >= 11 is 3.07.